The van der Waals surface area contributed by atoms with Crippen molar-refractivity contribution in [3.05, 3.63) is 30.1 Å². The number of alkyl halides is 1. The number of pyridine rings is 1. The molecule has 0 aromatic carbocycles. The minimum atomic E-state index is 0.0833. The van der Waals surface area contributed by atoms with E-state index in [1.807, 2.05) is 4.90 Å². The highest BCUT2D eigenvalue weighted by Crippen LogP contribution is 2.24. The summed E-state index contributed by atoms with van der Waals surface area (Å²) in [5.74, 6) is 0.577. The average molecular weight is 253 g/mol. The Balaban J connectivity index is 2.12. The third-order valence-electron chi connectivity index (χ3n) is 3.28. The summed E-state index contributed by atoms with van der Waals surface area (Å²) in [6, 6.07) is 3.89. The van der Waals surface area contributed by atoms with Gasteiger partial charge in [-0.15, -0.1) is 11.6 Å². The Kier molecular flexibility index (Phi) is 4.37. The first-order valence-electron chi connectivity index (χ1n) is 6.10. The maximum Gasteiger partial charge on any atom is 0.254 e. The van der Waals surface area contributed by atoms with Crippen molar-refractivity contribution < 1.29 is 4.79 Å². The summed E-state index contributed by atoms with van der Waals surface area (Å²) in [7, 11) is 0. The molecule has 1 saturated carbocycles. The van der Waals surface area contributed by atoms with E-state index in [1.165, 1.54) is 12.8 Å². The molecule has 0 unspecified atom stereocenters. The topological polar surface area (TPSA) is 33.2 Å². The van der Waals surface area contributed by atoms with Gasteiger partial charge in [-0.2, -0.15) is 0 Å². The van der Waals surface area contributed by atoms with Crippen LogP contribution in [0.3, 0.4) is 0 Å². The molecule has 2 rings (SSSR count). The van der Waals surface area contributed by atoms with Gasteiger partial charge in [0.05, 0.1) is 0 Å². The van der Waals surface area contributed by atoms with Crippen LogP contribution in [0.5, 0.6) is 0 Å². The van der Waals surface area contributed by atoms with Gasteiger partial charge in [0.1, 0.15) is 0 Å². The molecular formula is C13H17ClN2O. The summed E-state index contributed by atoms with van der Waals surface area (Å²) in [5, 5.41) is 0. The Morgan fingerprint density at radius 2 is 2.00 bits per heavy atom. The molecule has 1 aliphatic carbocycles. The lowest BCUT2D eigenvalue weighted by atomic mass is 10.1. The molecule has 1 heterocycles. The van der Waals surface area contributed by atoms with Crippen LogP contribution in [-0.4, -0.2) is 34.3 Å². The maximum atomic E-state index is 12.4. The summed E-state index contributed by atoms with van der Waals surface area (Å²) >= 11 is 5.80. The third-order valence-corrected chi connectivity index (χ3v) is 3.45. The summed E-state index contributed by atoms with van der Waals surface area (Å²) in [6.07, 6.45) is 7.95. The number of amides is 1. The molecule has 0 radical (unpaired) electrons. The second kappa shape index (κ2) is 6.01. The molecule has 1 aromatic rings. The number of hydrogen-bond acceptors (Lipinski definition) is 2. The highest BCUT2D eigenvalue weighted by atomic mass is 35.5. The van der Waals surface area contributed by atoms with Crippen molar-refractivity contribution >= 4 is 17.5 Å². The number of rotatable bonds is 4. The van der Waals surface area contributed by atoms with Gasteiger partial charge in [-0.1, -0.05) is 12.8 Å². The minimum Gasteiger partial charge on any atom is -0.334 e. The van der Waals surface area contributed by atoms with Crippen molar-refractivity contribution in [1.82, 2.24) is 9.88 Å². The quantitative estimate of drug-likeness (QED) is 0.772. The highest BCUT2D eigenvalue weighted by molar-refractivity contribution is 6.18. The molecule has 1 aromatic heterocycles. The van der Waals surface area contributed by atoms with Crippen molar-refractivity contribution in [2.24, 2.45) is 0 Å². The zero-order valence-electron chi connectivity index (χ0n) is 9.81. The van der Waals surface area contributed by atoms with E-state index < -0.39 is 0 Å². The fourth-order valence-corrected chi connectivity index (χ4v) is 2.60. The number of carbonyl (C=O) groups is 1. The van der Waals surface area contributed by atoms with Crippen LogP contribution in [0.1, 0.15) is 36.0 Å². The van der Waals surface area contributed by atoms with Crippen molar-refractivity contribution in [3.8, 4) is 0 Å². The first-order valence-corrected chi connectivity index (χ1v) is 6.63. The van der Waals surface area contributed by atoms with Crippen molar-refractivity contribution in [2.75, 3.05) is 12.4 Å². The number of nitrogens with zero attached hydrogens (tertiary/aromatic N) is 2. The average Bonchev–Trinajstić information content (AvgIpc) is 2.90. The van der Waals surface area contributed by atoms with E-state index in [9.17, 15) is 4.79 Å². The molecule has 1 amide bonds. The molecule has 0 atom stereocenters. The van der Waals surface area contributed by atoms with Crippen molar-refractivity contribution in [3.63, 3.8) is 0 Å². The molecule has 0 bridgehead atoms. The fourth-order valence-electron chi connectivity index (χ4n) is 2.42. The van der Waals surface area contributed by atoms with Crippen LogP contribution < -0.4 is 0 Å². The molecule has 0 saturated heterocycles. The van der Waals surface area contributed by atoms with Crippen LogP contribution >= 0.6 is 11.6 Å². The summed E-state index contributed by atoms with van der Waals surface area (Å²) < 4.78 is 0. The second-order valence-electron chi connectivity index (χ2n) is 4.36. The Morgan fingerprint density at radius 3 is 2.59 bits per heavy atom. The molecule has 0 spiro atoms. The van der Waals surface area contributed by atoms with Gasteiger partial charge in [0.25, 0.3) is 5.91 Å². The Hall–Kier alpha value is -1.09. The predicted molar refractivity (Wildman–Crippen MR) is 68.2 cm³/mol. The van der Waals surface area contributed by atoms with Crippen LogP contribution in [0, 0.1) is 0 Å². The van der Waals surface area contributed by atoms with Crippen molar-refractivity contribution in [1.29, 1.82) is 0 Å². The van der Waals surface area contributed by atoms with E-state index in [0.717, 1.165) is 12.8 Å². The van der Waals surface area contributed by atoms with E-state index in [2.05, 4.69) is 4.98 Å². The highest BCUT2D eigenvalue weighted by Gasteiger charge is 2.26. The summed E-state index contributed by atoms with van der Waals surface area (Å²) in [4.78, 5) is 18.2. The molecule has 4 heteroatoms. The molecule has 0 N–H and O–H groups in total. The molecule has 92 valence electrons. The van der Waals surface area contributed by atoms with Gasteiger partial charge in [-0.25, -0.2) is 0 Å². The van der Waals surface area contributed by atoms with Gasteiger partial charge in [0.15, 0.2) is 0 Å². The first kappa shape index (κ1) is 12.4. The number of carbonyl (C=O) groups excluding carboxylic acids is 1. The molecule has 1 aliphatic rings. The Morgan fingerprint density at radius 1 is 1.35 bits per heavy atom. The first-order chi connectivity index (χ1) is 8.33. The monoisotopic (exact) mass is 252 g/mol. The summed E-state index contributed by atoms with van der Waals surface area (Å²) in [5.41, 5.74) is 0.706. The lowest BCUT2D eigenvalue weighted by Crippen LogP contribution is -2.40. The smallest absolute Gasteiger partial charge is 0.254 e. The third kappa shape index (κ3) is 2.97. The van der Waals surface area contributed by atoms with Gasteiger partial charge in [-0.3, -0.25) is 9.78 Å². The minimum absolute atomic E-state index is 0.0833. The zero-order valence-corrected chi connectivity index (χ0v) is 10.6. The number of hydrogen-bond donors (Lipinski definition) is 0. The van der Waals surface area contributed by atoms with Gasteiger partial charge in [-0.05, 0) is 25.0 Å². The van der Waals surface area contributed by atoms with Gasteiger partial charge in [0.2, 0.25) is 0 Å². The van der Waals surface area contributed by atoms with Crippen LogP contribution in [0.25, 0.3) is 0 Å². The Bertz CT molecular complexity index is 363. The van der Waals surface area contributed by atoms with E-state index in [1.54, 1.807) is 24.5 Å². The van der Waals surface area contributed by atoms with Gasteiger partial charge < -0.3 is 4.90 Å². The maximum absolute atomic E-state index is 12.4. The molecule has 0 aliphatic heterocycles. The van der Waals surface area contributed by atoms with E-state index in [4.69, 9.17) is 11.6 Å². The predicted octanol–water partition coefficient (Wildman–Crippen LogP) is 2.71. The molecule has 3 nitrogen and oxygen atoms in total. The van der Waals surface area contributed by atoms with Gasteiger partial charge in [0, 0.05) is 36.4 Å². The lowest BCUT2D eigenvalue weighted by Gasteiger charge is -2.28. The second-order valence-corrected chi connectivity index (χ2v) is 4.74. The SMILES string of the molecule is O=C(c1ccncc1)N(CCCl)C1CCCC1. The number of halogens is 1. The van der Waals surface area contributed by atoms with E-state index in [0.29, 0.717) is 24.0 Å². The van der Waals surface area contributed by atoms with Crippen LogP contribution in [0.2, 0.25) is 0 Å². The number of aromatic nitrogens is 1. The van der Waals surface area contributed by atoms with Gasteiger partial charge >= 0.3 is 0 Å². The largest absolute Gasteiger partial charge is 0.334 e. The molecular weight excluding hydrogens is 236 g/mol. The van der Waals surface area contributed by atoms with Crippen LogP contribution in [0.15, 0.2) is 24.5 Å². The molecule has 17 heavy (non-hydrogen) atoms. The van der Waals surface area contributed by atoms with E-state index in [-0.39, 0.29) is 5.91 Å². The lowest BCUT2D eigenvalue weighted by molar-refractivity contribution is 0.0695. The Labute approximate surface area is 107 Å². The van der Waals surface area contributed by atoms with E-state index >= 15 is 0 Å². The standard InChI is InChI=1S/C13H17ClN2O/c14-7-10-16(12-3-1-2-4-12)13(17)11-5-8-15-9-6-11/h5-6,8-9,12H,1-4,7,10H2. The molecule has 1 fully saturated rings. The fraction of sp³-hybridized carbons (Fsp3) is 0.538. The summed E-state index contributed by atoms with van der Waals surface area (Å²) in [6.45, 7) is 0.632. The van der Waals surface area contributed by atoms with Crippen molar-refractivity contribution in [2.45, 2.75) is 31.7 Å². The van der Waals surface area contributed by atoms with Crippen LogP contribution in [-0.2, 0) is 0 Å². The zero-order chi connectivity index (χ0) is 12.1. The van der Waals surface area contributed by atoms with Crippen LogP contribution in [0.4, 0.5) is 0 Å². The normalized spacial score (nSPS) is 16.1.